The normalized spacial score (nSPS) is 30.6. The first-order valence-corrected chi connectivity index (χ1v) is 7.69. The lowest BCUT2D eigenvalue weighted by atomic mass is 9.48. The second-order valence-electron chi connectivity index (χ2n) is 6.16. The van der Waals surface area contributed by atoms with Crippen LogP contribution >= 0.6 is 0 Å². The molecule has 0 heterocycles. The van der Waals surface area contributed by atoms with Gasteiger partial charge in [-0.15, -0.1) is 0 Å². The number of nitrogens with one attached hydrogen (secondary N) is 1. The first-order valence-electron chi connectivity index (χ1n) is 7.69. The zero-order valence-electron chi connectivity index (χ0n) is 12.2. The molecule has 3 unspecified atom stereocenters. The molecule has 0 spiro atoms. The molecule has 0 saturated heterocycles. The molecule has 3 atom stereocenters. The number of fused-ring (bicyclic) bond motifs is 3. The van der Waals surface area contributed by atoms with Crippen LogP contribution in [-0.2, 0) is 6.42 Å². The Hall–Kier alpha value is -0.890. The van der Waals surface area contributed by atoms with Crippen LogP contribution in [0.25, 0.3) is 0 Å². The summed E-state index contributed by atoms with van der Waals surface area (Å²) >= 11 is 0. The molecule has 0 bridgehead atoms. The number of hydrogen-bond donors (Lipinski definition) is 1. The Morgan fingerprint density at radius 1 is 1.26 bits per heavy atom. The monoisotopic (exact) mass is 261 g/mol. The Kier molecular flexibility index (Phi) is 3.17. The Morgan fingerprint density at radius 2 is 2.00 bits per heavy atom. The quantitative estimate of drug-likeness (QED) is 0.867. The summed E-state index contributed by atoms with van der Waals surface area (Å²) in [6, 6.07) is 6.04. The molecule has 2 heteroatoms. The Bertz CT molecular complexity index is 478. The highest BCUT2D eigenvalue weighted by Crippen LogP contribution is 2.65. The molecule has 1 saturated carbocycles. The predicted octanol–water partition coefficient (Wildman–Crippen LogP) is 3.88. The third-order valence-electron chi connectivity index (χ3n) is 5.73. The summed E-state index contributed by atoms with van der Waals surface area (Å²) in [4.78, 5) is 0. The van der Waals surface area contributed by atoms with E-state index in [4.69, 9.17) is 0 Å². The Morgan fingerprint density at radius 3 is 2.63 bits per heavy atom. The molecule has 3 rings (SSSR count). The van der Waals surface area contributed by atoms with Gasteiger partial charge in [-0.25, -0.2) is 4.39 Å². The molecule has 1 nitrogen and oxygen atoms in total. The molecule has 1 aromatic rings. The maximum Gasteiger partial charge on any atom is 0.123 e. The van der Waals surface area contributed by atoms with Crippen LogP contribution in [0.5, 0.6) is 0 Å². The van der Waals surface area contributed by atoms with Crippen LogP contribution in [0.3, 0.4) is 0 Å². The van der Waals surface area contributed by atoms with Crippen molar-refractivity contribution >= 4 is 0 Å². The second-order valence-corrected chi connectivity index (χ2v) is 6.16. The van der Waals surface area contributed by atoms with E-state index in [9.17, 15) is 4.39 Å². The van der Waals surface area contributed by atoms with E-state index in [0.29, 0.717) is 23.3 Å². The molecular weight excluding hydrogens is 237 g/mol. The zero-order chi connectivity index (χ0) is 13.6. The summed E-state index contributed by atoms with van der Waals surface area (Å²) in [5, 5.41) is 3.70. The maximum absolute atomic E-state index is 13.4. The Balaban J connectivity index is 2.00. The van der Waals surface area contributed by atoms with Gasteiger partial charge in [0.25, 0.3) is 0 Å². The van der Waals surface area contributed by atoms with Crippen LogP contribution in [0.15, 0.2) is 18.2 Å². The number of benzene rings is 1. The van der Waals surface area contributed by atoms with Crippen LogP contribution in [0.1, 0.15) is 50.7 Å². The summed E-state index contributed by atoms with van der Waals surface area (Å²) in [6.07, 6.45) is 3.47. The molecule has 0 amide bonds. The van der Waals surface area contributed by atoms with Crippen LogP contribution in [0, 0.1) is 17.2 Å². The minimum absolute atomic E-state index is 0.0846. The van der Waals surface area contributed by atoms with E-state index in [1.807, 2.05) is 6.07 Å². The highest BCUT2D eigenvalue weighted by atomic mass is 19.1. The van der Waals surface area contributed by atoms with Gasteiger partial charge in [0.2, 0.25) is 0 Å². The maximum atomic E-state index is 13.4. The average Bonchev–Trinajstić information content (AvgIpc) is 2.74. The first kappa shape index (κ1) is 13.1. The van der Waals surface area contributed by atoms with Gasteiger partial charge in [0, 0.05) is 6.04 Å². The molecule has 1 N–H and O–H groups in total. The van der Waals surface area contributed by atoms with Gasteiger partial charge < -0.3 is 5.32 Å². The molecule has 104 valence electrons. The van der Waals surface area contributed by atoms with E-state index in [-0.39, 0.29) is 5.82 Å². The fraction of sp³-hybridized carbons (Fsp3) is 0.647. The lowest BCUT2D eigenvalue weighted by Gasteiger charge is -2.60. The number of hydrogen-bond acceptors (Lipinski definition) is 1. The predicted molar refractivity (Wildman–Crippen MR) is 76.8 cm³/mol. The molecule has 0 aromatic heterocycles. The zero-order valence-corrected chi connectivity index (χ0v) is 12.2. The fourth-order valence-electron chi connectivity index (χ4n) is 4.91. The van der Waals surface area contributed by atoms with Crippen molar-refractivity contribution in [1.82, 2.24) is 5.32 Å². The third kappa shape index (κ3) is 1.62. The van der Waals surface area contributed by atoms with Gasteiger partial charge in [-0.3, -0.25) is 0 Å². The van der Waals surface area contributed by atoms with Crippen LogP contribution in [-0.4, -0.2) is 12.6 Å². The van der Waals surface area contributed by atoms with Gasteiger partial charge in [-0.05, 0) is 66.3 Å². The van der Waals surface area contributed by atoms with Crippen molar-refractivity contribution in [2.45, 2.75) is 52.0 Å². The number of rotatable bonds is 4. The highest BCUT2D eigenvalue weighted by Gasteiger charge is 2.62. The van der Waals surface area contributed by atoms with Gasteiger partial charge in [-0.1, -0.05) is 26.8 Å². The molecule has 0 aliphatic heterocycles. The summed E-state index contributed by atoms with van der Waals surface area (Å²) in [5.41, 5.74) is 3.05. The average molecular weight is 261 g/mol. The van der Waals surface area contributed by atoms with Crippen molar-refractivity contribution in [2.75, 3.05) is 6.54 Å². The van der Waals surface area contributed by atoms with Gasteiger partial charge in [-0.2, -0.15) is 0 Å². The van der Waals surface area contributed by atoms with Gasteiger partial charge in [0.1, 0.15) is 5.82 Å². The van der Waals surface area contributed by atoms with E-state index in [1.54, 1.807) is 12.1 Å². The van der Waals surface area contributed by atoms with Crippen LogP contribution in [0.2, 0.25) is 0 Å². The van der Waals surface area contributed by atoms with Crippen molar-refractivity contribution < 1.29 is 4.39 Å². The summed E-state index contributed by atoms with van der Waals surface area (Å²) in [5.74, 6) is 1.23. The SMILES string of the molecule is CCNC1C2Cc3cc(F)ccc3C2C1(CC)CC. The first-order chi connectivity index (χ1) is 9.17. The standard InChI is InChI=1S/C17H24FN/c1-4-17(5-2)15-13-8-7-12(18)9-11(13)10-14(15)16(17)19-6-3/h7-9,14-16,19H,4-6,10H2,1-3H3. The molecule has 2 aliphatic rings. The molecule has 0 radical (unpaired) electrons. The lowest BCUT2D eigenvalue weighted by molar-refractivity contribution is -0.0371. The molecule has 1 aromatic carbocycles. The molecular formula is C17H24FN. The van der Waals surface area contributed by atoms with Crippen LogP contribution in [0.4, 0.5) is 4.39 Å². The van der Waals surface area contributed by atoms with E-state index < -0.39 is 0 Å². The van der Waals surface area contributed by atoms with E-state index >= 15 is 0 Å². The summed E-state index contributed by atoms with van der Waals surface area (Å²) in [7, 11) is 0. The van der Waals surface area contributed by atoms with E-state index in [2.05, 4.69) is 26.1 Å². The van der Waals surface area contributed by atoms with Gasteiger partial charge >= 0.3 is 0 Å². The lowest BCUT2D eigenvalue weighted by Crippen LogP contribution is -2.63. The largest absolute Gasteiger partial charge is 0.313 e. The van der Waals surface area contributed by atoms with E-state index in [1.165, 1.54) is 24.0 Å². The van der Waals surface area contributed by atoms with Crippen molar-refractivity contribution in [3.05, 3.63) is 35.1 Å². The van der Waals surface area contributed by atoms with Gasteiger partial charge in [0.05, 0.1) is 0 Å². The molecule has 2 aliphatic carbocycles. The smallest absolute Gasteiger partial charge is 0.123 e. The minimum atomic E-state index is -0.0846. The van der Waals surface area contributed by atoms with Crippen molar-refractivity contribution in [3.8, 4) is 0 Å². The highest BCUT2D eigenvalue weighted by molar-refractivity contribution is 5.44. The topological polar surface area (TPSA) is 12.0 Å². The second kappa shape index (κ2) is 4.59. The number of halogens is 1. The summed E-state index contributed by atoms with van der Waals surface area (Å²) in [6.45, 7) is 7.84. The minimum Gasteiger partial charge on any atom is -0.313 e. The van der Waals surface area contributed by atoms with Crippen molar-refractivity contribution in [3.63, 3.8) is 0 Å². The summed E-state index contributed by atoms with van der Waals surface area (Å²) < 4.78 is 13.4. The van der Waals surface area contributed by atoms with Crippen molar-refractivity contribution in [1.29, 1.82) is 0 Å². The van der Waals surface area contributed by atoms with Crippen LogP contribution < -0.4 is 5.32 Å². The fourth-order valence-corrected chi connectivity index (χ4v) is 4.91. The third-order valence-corrected chi connectivity index (χ3v) is 5.73. The molecule has 19 heavy (non-hydrogen) atoms. The van der Waals surface area contributed by atoms with Crippen molar-refractivity contribution in [2.24, 2.45) is 11.3 Å². The Labute approximate surface area is 115 Å². The molecule has 1 fully saturated rings. The van der Waals surface area contributed by atoms with Gasteiger partial charge in [0.15, 0.2) is 0 Å². The van der Waals surface area contributed by atoms with E-state index in [0.717, 1.165) is 13.0 Å².